The van der Waals surface area contributed by atoms with Crippen molar-refractivity contribution in [3.63, 3.8) is 0 Å². The lowest BCUT2D eigenvalue weighted by Crippen LogP contribution is -2.10. The molecule has 0 spiro atoms. The van der Waals surface area contributed by atoms with E-state index in [4.69, 9.17) is 5.26 Å². The number of carbonyl (C=O) groups excluding carboxylic acids is 1. The first-order chi connectivity index (χ1) is 9.79. The van der Waals surface area contributed by atoms with E-state index < -0.39 is 0 Å². The quantitative estimate of drug-likeness (QED) is 0.628. The number of rotatable bonds is 5. The molecular weight excluding hydrogens is 260 g/mol. The van der Waals surface area contributed by atoms with Gasteiger partial charge in [0.05, 0.1) is 0 Å². The summed E-state index contributed by atoms with van der Waals surface area (Å²) < 4.78 is 0. The van der Waals surface area contributed by atoms with E-state index in [2.05, 4.69) is 51.2 Å². The van der Waals surface area contributed by atoms with E-state index >= 15 is 0 Å². The molecule has 0 unspecified atom stereocenters. The number of nitrogens with one attached hydrogen (secondary N) is 1. The molecule has 1 rings (SSSR count). The van der Waals surface area contributed by atoms with Crippen LogP contribution in [-0.2, 0) is 4.79 Å². The van der Waals surface area contributed by atoms with Crippen LogP contribution < -0.4 is 5.32 Å². The smallest absolute Gasteiger partial charge is 0.172 e. The number of benzene rings is 1. The minimum atomic E-state index is -0.212. The summed E-state index contributed by atoms with van der Waals surface area (Å²) in [6.45, 7) is 11.8. The Morgan fingerprint density at radius 2 is 1.57 bits per heavy atom. The maximum Gasteiger partial charge on any atom is 0.172 e. The molecule has 0 aliphatic rings. The fraction of sp³-hybridized carbons (Fsp3) is 0.444. The second-order valence-corrected chi connectivity index (χ2v) is 5.91. The number of para-hydroxylation sites is 1. The molecular formula is C18H24N2O. The van der Waals surface area contributed by atoms with Crippen LogP contribution >= 0.6 is 0 Å². The summed E-state index contributed by atoms with van der Waals surface area (Å²) in [6.07, 6.45) is 0. The van der Waals surface area contributed by atoms with Crippen LogP contribution in [0.15, 0.2) is 29.5 Å². The monoisotopic (exact) mass is 284 g/mol. The third-order valence-corrected chi connectivity index (χ3v) is 3.52. The van der Waals surface area contributed by atoms with Crippen LogP contribution in [0, 0.1) is 11.3 Å². The van der Waals surface area contributed by atoms with E-state index in [1.165, 1.54) is 18.1 Å². The van der Waals surface area contributed by atoms with Gasteiger partial charge in [0.15, 0.2) is 5.78 Å². The number of anilines is 1. The Morgan fingerprint density at radius 1 is 1.10 bits per heavy atom. The topological polar surface area (TPSA) is 52.9 Å². The maximum absolute atomic E-state index is 11.5. The summed E-state index contributed by atoms with van der Waals surface area (Å²) in [5, 5.41) is 12.4. The van der Waals surface area contributed by atoms with Gasteiger partial charge >= 0.3 is 0 Å². The van der Waals surface area contributed by atoms with Gasteiger partial charge in [-0.1, -0.05) is 45.9 Å². The lowest BCUT2D eigenvalue weighted by Gasteiger charge is -2.21. The molecule has 1 aromatic rings. The molecule has 21 heavy (non-hydrogen) atoms. The van der Waals surface area contributed by atoms with Crippen LogP contribution in [0.4, 0.5) is 5.69 Å². The van der Waals surface area contributed by atoms with Crippen molar-refractivity contribution in [1.82, 2.24) is 0 Å². The molecule has 1 N–H and O–H groups in total. The Bertz CT molecular complexity index is 578. The fourth-order valence-corrected chi connectivity index (χ4v) is 2.37. The molecule has 0 radical (unpaired) electrons. The molecule has 0 aliphatic heterocycles. The summed E-state index contributed by atoms with van der Waals surface area (Å²) in [7, 11) is 0. The van der Waals surface area contributed by atoms with Gasteiger partial charge in [-0.25, -0.2) is 0 Å². The second kappa shape index (κ2) is 7.08. The van der Waals surface area contributed by atoms with Gasteiger partial charge in [0.2, 0.25) is 0 Å². The number of nitriles is 1. The largest absolute Gasteiger partial charge is 0.357 e. The first-order valence-corrected chi connectivity index (χ1v) is 7.31. The Kier molecular flexibility index (Phi) is 5.72. The lowest BCUT2D eigenvalue weighted by molar-refractivity contribution is -0.113. The van der Waals surface area contributed by atoms with Gasteiger partial charge in [-0.3, -0.25) is 4.79 Å². The third-order valence-electron chi connectivity index (χ3n) is 3.52. The lowest BCUT2D eigenvalue weighted by atomic mass is 9.92. The summed E-state index contributed by atoms with van der Waals surface area (Å²) in [6, 6.07) is 8.23. The molecule has 0 amide bonds. The van der Waals surface area contributed by atoms with E-state index in [1.54, 1.807) is 6.92 Å². The molecule has 3 heteroatoms. The van der Waals surface area contributed by atoms with Crippen LogP contribution in [0.25, 0.3) is 0 Å². The minimum absolute atomic E-state index is 0.184. The number of Topliss-reactive ketones (excluding diaryl/α,β-unsaturated/α-hetero) is 1. The van der Waals surface area contributed by atoms with Crippen molar-refractivity contribution in [1.29, 1.82) is 5.26 Å². The number of ketones is 1. The van der Waals surface area contributed by atoms with Crippen LogP contribution in [0.1, 0.15) is 64.5 Å². The second-order valence-electron chi connectivity index (χ2n) is 5.91. The molecule has 0 fully saturated rings. The molecule has 0 saturated heterocycles. The van der Waals surface area contributed by atoms with Crippen molar-refractivity contribution < 1.29 is 4.79 Å². The van der Waals surface area contributed by atoms with Crippen LogP contribution in [0.5, 0.6) is 0 Å². The Hall–Kier alpha value is -2.08. The normalized spacial score (nSPS) is 12.1. The van der Waals surface area contributed by atoms with Crippen LogP contribution in [0.3, 0.4) is 0 Å². The standard InChI is InChI=1S/C18H24N2O/c1-11(2)15-8-7-9-16(12(3)4)18(15)20-13(5)17(10-19)14(6)21/h7-9,11-12,20H,1-6H3. The van der Waals surface area contributed by atoms with E-state index in [-0.39, 0.29) is 11.4 Å². The van der Waals surface area contributed by atoms with Gasteiger partial charge < -0.3 is 5.32 Å². The minimum Gasteiger partial charge on any atom is -0.357 e. The fourth-order valence-electron chi connectivity index (χ4n) is 2.37. The summed E-state index contributed by atoms with van der Waals surface area (Å²) in [5.41, 5.74) is 4.21. The first-order valence-electron chi connectivity index (χ1n) is 7.31. The highest BCUT2D eigenvalue weighted by molar-refractivity contribution is 5.98. The maximum atomic E-state index is 11.5. The molecule has 112 valence electrons. The molecule has 0 bridgehead atoms. The predicted molar refractivity (Wildman–Crippen MR) is 87.2 cm³/mol. The Morgan fingerprint density at radius 3 is 1.90 bits per heavy atom. The van der Waals surface area contributed by atoms with Crippen molar-refractivity contribution in [2.75, 3.05) is 5.32 Å². The van der Waals surface area contributed by atoms with Crippen molar-refractivity contribution in [3.8, 4) is 6.07 Å². The van der Waals surface area contributed by atoms with E-state index in [0.29, 0.717) is 17.5 Å². The van der Waals surface area contributed by atoms with Gasteiger partial charge in [-0.05, 0) is 36.8 Å². The van der Waals surface area contributed by atoms with E-state index in [0.717, 1.165) is 5.69 Å². The van der Waals surface area contributed by atoms with Gasteiger partial charge in [0.1, 0.15) is 11.6 Å². The van der Waals surface area contributed by atoms with Gasteiger partial charge in [0, 0.05) is 11.4 Å². The molecule has 1 aromatic carbocycles. The zero-order chi connectivity index (χ0) is 16.2. The number of nitrogens with zero attached hydrogens (tertiary/aromatic N) is 1. The average Bonchev–Trinajstić information content (AvgIpc) is 2.38. The third kappa shape index (κ3) is 3.95. The highest BCUT2D eigenvalue weighted by Crippen LogP contribution is 2.33. The SMILES string of the molecule is CC(=O)C(C#N)=C(C)Nc1c(C(C)C)cccc1C(C)C. The summed E-state index contributed by atoms with van der Waals surface area (Å²) in [5.74, 6) is 0.513. The van der Waals surface area contributed by atoms with Gasteiger partial charge in [-0.15, -0.1) is 0 Å². The summed E-state index contributed by atoms with van der Waals surface area (Å²) in [4.78, 5) is 11.5. The Labute approximate surface area is 127 Å². The highest BCUT2D eigenvalue weighted by Gasteiger charge is 2.15. The molecule has 3 nitrogen and oxygen atoms in total. The molecule has 0 heterocycles. The van der Waals surface area contributed by atoms with E-state index in [1.807, 2.05) is 6.07 Å². The van der Waals surface area contributed by atoms with Gasteiger partial charge in [0.25, 0.3) is 0 Å². The number of hydrogen-bond donors (Lipinski definition) is 1. The van der Waals surface area contributed by atoms with Crippen molar-refractivity contribution in [3.05, 3.63) is 40.6 Å². The molecule has 0 saturated carbocycles. The van der Waals surface area contributed by atoms with Gasteiger partial charge in [-0.2, -0.15) is 5.26 Å². The van der Waals surface area contributed by atoms with Crippen LogP contribution in [-0.4, -0.2) is 5.78 Å². The molecule has 0 atom stereocenters. The average molecular weight is 284 g/mol. The van der Waals surface area contributed by atoms with E-state index in [9.17, 15) is 4.79 Å². The first kappa shape index (κ1) is 17.0. The zero-order valence-corrected chi connectivity index (χ0v) is 13.7. The molecule has 0 aromatic heterocycles. The number of allylic oxidation sites excluding steroid dienone is 2. The van der Waals surface area contributed by atoms with Crippen molar-refractivity contribution in [2.24, 2.45) is 0 Å². The molecule has 0 aliphatic carbocycles. The number of carbonyl (C=O) groups is 1. The number of hydrogen-bond acceptors (Lipinski definition) is 3. The zero-order valence-electron chi connectivity index (χ0n) is 13.7. The van der Waals surface area contributed by atoms with Crippen molar-refractivity contribution >= 4 is 11.5 Å². The van der Waals surface area contributed by atoms with Crippen LogP contribution in [0.2, 0.25) is 0 Å². The van der Waals surface area contributed by atoms with Crippen molar-refractivity contribution in [2.45, 2.75) is 53.4 Å². The Balaban J connectivity index is 3.42. The summed E-state index contributed by atoms with van der Waals surface area (Å²) >= 11 is 0. The predicted octanol–water partition coefficient (Wildman–Crippen LogP) is 4.73. The highest BCUT2D eigenvalue weighted by atomic mass is 16.1.